The maximum atomic E-state index is 13.5. The third-order valence-corrected chi connectivity index (χ3v) is 16.7. The highest BCUT2D eigenvalue weighted by Gasteiger charge is 2.47. The quantitative estimate of drug-likeness (QED) is 0.0195. The van der Waals surface area contributed by atoms with Gasteiger partial charge >= 0.3 is 5.97 Å². The van der Waals surface area contributed by atoms with Crippen molar-refractivity contribution in [1.82, 2.24) is 5.32 Å². The molecule has 1 aliphatic rings. The third-order valence-electron chi connectivity index (χ3n) is 16.7. The zero-order valence-electron chi connectivity index (χ0n) is 54.5. The fraction of sp³-hybridized carbons (Fsp3) is 0.836. The highest BCUT2D eigenvalue weighted by atomic mass is 16.7. The monoisotopic (exact) mass is 1180 g/mol. The average Bonchev–Trinajstić information content (AvgIpc) is 3.69. The van der Waals surface area contributed by atoms with E-state index in [2.05, 4.69) is 68.6 Å². The number of hydrogen-bond donors (Lipinski definition) is 6. The molecule has 490 valence electrons. The number of aliphatic hydroxyl groups is 5. The molecule has 0 radical (unpaired) electrons. The van der Waals surface area contributed by atoms with Gasteiger partial charge in [0.15, 0.2) is 12.4 Å². The second-order valence-corrected chi connectivity index (χ2v) is 24.6. The van der Waals surface area contributed by atoms with E-state index in [1.54, 1.807) is 6.08 Å². The Morgan fingerprint density at radius 1 is 0.464 bits per heavy atom. The maximum Gasteiger partial charge on any atom is 0.306 e. The van der Waals surface area contributed by atoms with E-state index in [1.165, 1.54) is 212 Å². The van der Waals surface area contributed by atoms with Crippen molar-refractivity contribution in [2.24, 2.45) is 0 Å². The van der Waals surface area contributed by atoms with E-state index in [9.17, 15) is 35.1 Å². The van der Waals surface area contributed by atoms with Crippen molar-refractivity contribution in [3.8, 4) is 0 Å². The number of carbonyl (C=O) groups is 2. The first-order valence-electron chi connectivity index (χ1n) is 35.6. The number of ether oxygens (including phenoxy) is 3. The van der Waals surface area contributed by atoms with Crippen molar-refractivity contribution < 1.29 is 49.3 Å². The van der Waals surface area contributed by atoms with E-state index in [0.29, 0.717) is 19.3 Å². The van der Waals surface area contributed by atoms with Gasteiger partial charge in [-0.15, -0.1) is 0 Å². The molecule has 84 heavy (non-hydrogen) atoms. The van der Waals surface area contributed by atoms with E-state index in [1.807, 2.05) is 12.2 Å². The van der Waals surface area contributed by atoms with Crippen molar-refractivity contribution in [3.63, 3.8) is 0 Å². The molecule has 0 bridgehead atoms. The first-order valence-corrected chi connectivity index (χ1v) is 35.6. The van der Waals surface area contributed by atoms with E-state index >= 15 is 0 Å². The van der Waals surface area contributed by atoms with Gasteiger partial charge < -0.3 is 45.1 Å². The largest absolute Gasteiger partial charge is 0.454 e. The van der Waals surface area contributed by atoms with Crippen LogP contribution in [0.1, 0.15) is 329 Å². The Balaban J connectivity index is 2.57. The number of aliphatic hydroxyl groups excluding tert-OH is 5. The number of hydrogen-bond acceptors (Lipinski definition) is 10. The molecule has 0 spiro atoms. The standard InChI is InChI=1S/C73H133NO10/c1-4-7-10-13-16-19-22-25-27-29-30-31-32-33-34-35-36-37-39-40-42-45-48-51-54-57-60-66(77)72(81)74-64(65(76)59-56-53-50-47-44-24-21-18-15-12-9-6-3)63-82-73-71(70(80)69(79)67(62-75)83-73)84-68(78)61-58-55-52-49-46-43-41-38-28-26-23-20-17-14-11-8-5-2/h17,20,26,28,41,43,49,52,56,59,64-67,69-71,73,75-77,79-80H,4-16,18-19,21-25,27,29-40,42,44-48,50-51,53-55,57-58,60-63H2,1-3H3,(H,74,81)/b20-17-,28-26-,43-41-,52-49-,59-56+. The molecule has 6 N–H and O–H groups in total. The highest BCUT2D eigenvalue weighted by molar-refractivity contribution is 5.80. The SMILES string of the molecule is CCCCC/C=C\C/C=C\C/C=C\C/C=C\CCCC(=O)OC1C(OCC(NC(=O)C(O)CCCCCCCCCCCCCCCCCCCCCCCCCCCC)C(O)/C=C/CCCCCCCCCCCC)OC(CO)C(O)C1O. The molecule has 0 aromatic heterocycles. The Bertz CT molecular complexity index is 1600. The number of amides is 1. The molecular weight excluding hydrogens is 1050 g/mol. The van der Waals surface area contributed by atoms with Crippen molar-refractivity contribution >= 4 is 11.9 Å². The first kappa shape index (κ1) is 79.4. The zero-order valence-corrected chi connectivity index (χ0v) is 54.5. The van der Waals surface area contributed by atoms with Crippen LogP contribution in [0.4, 0.5) is 0 Å². The van der Waals surface area contributed by atoms with Crippen LogP contribution in [0.25, 0.3) is 0 Å². The average molecular weight is 1180 g/mol. The summed E-state index contributed by atoms with van der Waals surface area (Å²) >= 11 is 0. The van der Waals surface area contributed by atoms with Gasteiger partial charge in [-0.1, -0.05) is 319 Å². The van der Waals surface area contributed by atoms with E-state index < -0.39 is 67.4 Å². The van der Waals surface area contributed by atoms with Gasteiger partial charge in [0.05, 0.1) is 25.4 Å². The van der Waals surface area contributed by atoms with Gasteiger partial charge in [0, 0.05) is 6.42 Å². The molecule has 1 aliphatic heterocycles. The number of esters is 1. The minimum atomic E-state index is -1.64. The predicted octanol–water partition coefficient (Wildman–Crippen LogP) is 18.1. The topological polar surface area (TPSA) is 175 Å². The van der Waals surface area contributed by atoms with Crippen LogP contribution in [0.15, 0.2) is 60.8 Å². The van der Waals surface area contributed by atoms with E-state index in [0.717, 1.165) is 64.2 Å². The second-order valence-electron chi connectivity index (χ2n) is 24.6. The molecule has 1 fully saturated rings. The van der Waals surface area contributed by atoms with Gasteiger partial charge in [0.2, 0.25) is 5.91 Å². The number of nitrogens with one attached hydrogen (secondary N) is 1. The Labute approximate surface area is 516 Å². The third kappa shape index (κ3) is 47.4. The summed E-state index contributed by atoms with van der Waals surface area (Å²) in [7, 11) is 0. The summed E-state index contributed by atoms with van der Waals surface area (Å²) in [5.41, 5.74) is 0. The number of carbonyl (C=O) groups excluding carboxylic acids is 2. The lowest BCUT2D eigenvalue weighted by Crippen LogP contribution is -2.61. The van der Waals surface area contributed by atoms with E-state index in [-0.39, 0.29) is 19.4 Å². The summed E-state index contributed by atoms with van der Waals surface area (Å²) in [5, 5.41) is 57.2. The minimum absolute atomic E-state index is 0.0479. The summed E-state index contributed by atoms with van der Waals surface area (Å²) < 4.78 is 17.6. The van der Waals surface area contributed by atoms with Crippen LogP contribution in [0, 0.1) is 0 Å². The fourth-order valence-electron chi connectivity index (χ4n) is 11.1. The normalized spacial score (nSPS) is 18.8. The highest BCUT2D eigenvalue weighted by Crippen LogP contribution is 2.26. The van der Waals surface area contributed by atoms with Crippen LogP contribution in [-0.4, -0.2) is 99.6 Å². The Morgan fingerprint density at radius 3 is 1.25 bits per heavy atom. The lowest BCUT2D eigenvalue weighted by Gasteiger charge is -2.41. The van der Waals surface area contributed by atoms with Crippen LogP contribution in [0.5, 0.6) is 0 Å². The van der Waals surface area contributed by atoms with Crippen LogP contribution >= 0.6 is 0 Å². The predicted molar refractivity (Wildman–Crippen MR) is 352 cm³/mol. The van der Waals surface area contributed by atoms with Gasteiger partial charge in [0.1, 0.15) is 24.4 Å². The number of allylic oxidation sites excluding steroid dienone is 9. The van der Waals surface area contributed by atoms with Crippen LogP contribution < -0.4 is 5.32 Å². The molecule has 0 aromatic carbocycles. The Hall–Kier alpha value is -2.64. The van der Waals surface area contributed by atoms with Crippen LogP contribution in [0.3, 0.4) is 0 Å². The van der Waals surface area contributed by atoms with Crippen LogP contribution in [-0.2, 0) is 23.8 Å². The zero-order chi connectivity index (χ0) is 61.0. The molecule has 8 unspecified atom stereocenters. The molecule has 0 aliphatic carbocycles. The van der Waals surface area contributed by atoms with Gasteiger partial charge in [-0.2, -0.15) is 0 Å². The molecule has 1 rings (SSSR count). The molecule has 0 saturated carbocycles. The van der Waals surface area contributed by atoms with Crippen molar-refractivity contribution in [2.45, 2.75) is 378 Å². The van der Waals surface area contributed by atoms with Gasteiger partial charge in [-0.05, 0) is 64.2 Å². The smallest absolute Gasteiger partial charge is 0.306 e. The summed E-state index contributed by atoms with van der Waals surface area (Å²) in [5.74, 6) is -1.24. The lowest BCUT2D eigenvalue weighted by molar-refractivity contribution is -0.305. The first-order chi connectivity index (χ1) is 41.2. The molecule has 1 heterocycles. The van der Waals surface area contributed by atoms with Crippen molar-refractivity contribution in [1.29, 1.82) is 0 Å². The summed E-state index contributed by atoms with van der Waals surface area (Å²) in [6.07, 6.45) is 67.1. The van der Waals surface area contributed by atoms with Crippen LogP contribution in [0.2, 0.25) is 0 Å². The van der Waals surface area contributed by atoms with Crippen molar-refractivity contribution in [3.05, 3.63) is 60.8 Å². The summed E-state index contributed by atoms with van der Waals surface area (Å²) in [6, 6.07) is -1.04. The molecule has 8 atom stereocenters. The van der Waals surface area contributed by atoms with Gasteiger partial charge in [-0.3, -0.25) is 9.59 Å². The summed E-state index contributed by atoms with van der Waals surface area (Å²) in [6.45, 7) is 5.77. The second kappa shape index (κ2) is 60.6. The molecule has 1 amide bonds. The maximum absolute atomic E-state index is 13.5. The molecular formula is C73H133NO10. The number of rotatable bonds is 61. The molecule has 1 saturated heterocycles. The van der Waals surface area contributed by atoms with Gasteiger partial charge in [-0.25, -0.2) is 0 Å². The van der Waals surface area contributed by atoms with E-state index in [4.69, 9.17) is 14.2 Å². The van der Waals surface area contributed by atoms with Gasteiger partial charge in [0.25, 0.3) is 0 Å². The Morgan fingerprint density at radius 2 is 0.821 bits per heavy atom. The lowest BCUT2D eigenvalue weighted by atomic mass is 9.99. The molecule has 11 nitrogen and oxygen atoms in total. The Kier molecular flexibility index (Phi) is 57.3. The fourth-order valence-corrected chi connectivity index (χ4v) is 11.1. The van der Waals surface area contributed by atoms with Crippen molar-refractivity contribution in [2.75, 3.05) is 13.2 Å². The summed E-state index contributed by atoms with van der Waals surface area (Å²) in [4.78, 5) is 26.6. The number of unbranched alkanes of at least 4 members (excludes halogenated alkanes) is 39. The minimum Gasteiger partial charge on any atom is -0.454 e. The molecule has 11 heteroatoms. The molecule has 0 aromatic rings.